The van der Waals surface area contributed by atoms with Crippen molar-refractivity contribution in [1.29, 1.82) is 0 Å². The molecule has 5 heteroatoms. The van der Waals surface area contributed by atoms with Gasteiger partial charge in [-0.3, -0.25) is 0 Å². The third kappa shape index (κ3) is 4.37. The molecule has 2 N–H and O–H groups in total. The molecule has 2 rings (SSSR count). The van der Waals surface area contributed by atoms with E-state index < -0.39 is 0 Å². The van der Waals surface area contributed by atoms with E-state index in [9.17, 15) is 0 Å². The minimum Gasteiger partial charge on any atom is -0.376 e. The maximum atomic E-state index is 5.57. The van der Waals surface area contributed by atoms with Crippen LogP contribution >= 0.6 is 12.2 Å². The van der Waals surface area contributed by atoms with Gasteiger partial charge in [0, 0.05) is 32.3 Å². The number of nitrogens with one attached hydrogen (secondary N) is 2. The highest BCUT2D eigenvalue weighted by atomic mass is 32.1. The molecule has 0 saturated carbocycles. The van der Waals surface area contributed by atoms with Crippen molar-refractivity contribution in [3.8, 4) is 0 Å². The van der Waals surface area contributed by atoms with Crippen LogP contribution in [0.2, 0.25) is 0 Å². The Hall–Kier alpha value is -0.390. The summed E-state index contributed by atoms with van der Waals surface area (Å²) in [5, 5.41) is 7.50. The van der Waals surface area contributed by atoms with Gasteiger partial charge in [-0.1, -0.05) is 6.92 Å². The summed E-state index contributed by atoms with van der Waals surface area (Å²) in [6.07, 6.45) is 5.07. The van der Waals surface area contributed by atoms with Gasteiger partial charge in [-0.05, 0) is 44.4 Å². The Kier molecular flexibility index (Phi) is 5.66. The van der Waals surface area contributed by atoms with Crippen LogP contribution in [0, 0.1) is 0 Å². The Balaban J connectivity index is 1.59. The van der Waals surface area contributed by atoms with E-state index in [2.05, 4.69) is 22.5 Å². The number of thiocarbonyl (C=S) groups is 1. The Morgan fingerprint density at radius 1 is 1.33 bits per heavy atom. The average Bonchev–Trinajstić information content (AvgIpc) is 2.90. The molecule has 0 spiro atoms. The second-order valence-corrected chi connectivity index (χ2v) is 5.61. The van der Waals surface area contributed by atoms with Crippen LogP contribution in [0.5, 0.6) is 0 Å². The smallest absolute Gasteiger partial charge is 0.166 e. The molecule has 1 unspecified atom stereocenters. The third-order valence-electron chi connectivity index (χ3n) is 3.88. The van der Waals surface area contributed by atoms with Crippen molar-refractivity contribution in [2.45, 2.75) is 44.8 Å². The van der Waals surface area contributed by atoms with Gasteiger partial charge in [0.25, 0.3) is 0 Å². The number of hydrogen-bond acceptors (Lipinski definition) is 3. The summed E-state index contributed by atoms with van der Waals surface area (Å²) >= 11 is 5.34. The van der Waals surface area contributed by atoms with E-state index in [1.54, 1.807) is 0 Å². The highest BCUT2D eigenvalue weighted by molar-refractivity contribution is 7.80. The Morgan fingerprint density at radius 3 is 2.72 bits per heavy atom. The summed E-state index contributed by atoms with van der Waals surface area (Å²) in [7, 11) is 0. The Morgan fingerprint density at radius 2 is 2.11 bits per heavy atom. The number of piperidine rings is 1. The lowest BCUT2D eigenvalue weighted by atomic mass is 10.1. The summed E-state index contributed by atoms with van der Waals surface area (Å²) < 4.78 is 5.57. The zero-order valence-electron chi connectivity index (χ0n) is 11.3. The molecule has 0 aromatic rings. The lowest BCUT2D eigenvalue weighted by Gasteiger charge is -2.32. The van der Waals surface area contributed by atoms with Gasteiger partial charge in [-0.2, -0.15) is 0 Å². The largest absolute Gasteiger partial charge is 0.376 e. The zero-order chi connectivity index (χ0) is 12.8. The predicted octanol–water partition coefficient (Wildman–Crippen LogP) is 1.11. The quantitative estimate of drug-likeness (QED) is 0.749. The molecule has 18 heavy (non-hydrogen) atoms. The number of likely N-dealkylation sites (tertiary alicyclic amines) is 1. The minimum atomic E-state index is 0.353. The lowest BCUT2D eigenvalue weighted by molar-refractivity contribution is 0.114. The van der Waals surface area contributed by atoms with Crippen molar-refractivity contribution >= 4 is 17.3 Å². The van der Waals surface area contributed by atoms with Gasteiger partial charge in [0.2, 0.25) is 0 Å². The molecule has 2 saturated heterocycles. The van der Waals surface area contributed by atoms with Gasteiger partial charge in [-0.15, -0.1) is 0 Å². The fraction of sp³-hybridized carbons (Fsp3) is 0.923. The number of ether oxygens (including phenoxy) is 1. The predicted molar refractivity (Wildman–Crippen MR) is 77.8 cm³/mol. The van der Waals surface area contributed by atoms with E-state index >= 15 is 0 Å². The Bertz CT molecular complexity index is 261. The molecule has 4 nitrogen and oxygen atoms in total. The number of nitrogens with zero attached hydrogens (tertiary/aromatic N) is 1. The number of hydrogen-bond donors (Lipinski definition) is 2. The minimum absolute atomic E-state index is 0.353. The second kappa shape index (κ2) is 7.26. The molecule has 2 aliphatic heterocycles. The molecular weight excluding hydrogens is 246 g/mol. The van der Waals surface area contributed by atoms with Gasteiger partial charge in [0.05, 0.1) is 6.10 Å². The lowest BCUT2D eigenvalue weighted by Crippen LogP contribution is -2.48. The molecule has 0 aromatic heterocycles. The maximum Gasteiger partial charge on any atom is 0.166 e. The highest BCUT2D eigenvalue weighted by Gasteiger charge is 2.19. The monoisotopic (exact) mass is 271 g/mol. The molecule has 0 aromatic carbocycles. The standard InChI is InChI=1S/C13H25N3OS/c1-2-16-7-5-11(6-8-16)15-13(18)14-10-12-4-3-9-17-12/h11-12H,2-10H2,1H3,(H2,14,15,18). The van der Waals surface area contributed by atoms with Crippen molar-refractivity contribution in [2.24, 2.45) is 0 Å². The molecule has 2 aliphatic rings. The fourth-order valence-corrected chi connectivity index (χ4v) is 2.89. The topological polar surface area (TPSA) is 36.5 Å². The van der Waals surface area contributed by atoms with E-state index in [1.165, 1.54) is 32.4 Å². The maximum absolute atomic E-state index is 5.57. The SMILES string of the molecule is CCN1CCC(NC(=S)NCC2CCCO2)CC1. The van der Waals surface area contributed by atoms with Gasteiger partial charge in [0.15, 0.2) is 5.11 Å². The van der Waals surface area contributed by atoms with Crippen LogP contribution in [0.3, 0.4) is 0 Å². The van der Waals surface area contributed by atoms with Gasteiger partial charge in [0.1, 0.15) is 0 Å². The zero-order valence-corrected chi connectivity index (χ0v) is 12.1. The molecule has 2 heterocycles. The molecule has 1 atom stereocenters. The summed E-state index contributed by atoms with van der Waals surface area (Å²) in [5.74, 6) is 0. The van der Waals surface area contributed by atoms with E-state index in [4.69, 9.17) is 17.0 Å². The molecule has 104 valence electrons. The van der Waals surface area contributed by atoms with Crippen molar-refractivity contribution in [3.63, 3.8) is 0 Å². The van der Waals surface area contributed by atoms with Crippen molar-refractivity contribution in [2.75, 3.05) is 32.8 Å². The summed E-state index contributed by atoms with van der Waals surface area (Å²) in [5.41, 5.74) is 0. The first kappa shape index (κ1) is 14.0. The molecule has 0 aliphatic carbocycles. The van der Waals surface area contributed by atoms with Gasteiger partial charge >= 0.3 is 0 Å². The highest BCUT2D eigenvalue weighted by Crippen LogP contribution is 2.11. The molecule has 2 fully saturated rings. The second-order valence-electron chi connectivity index (χ2n) is 5.20. The normalized spacial score (nSPS) is 26.2. The summed E-state index contributed by atoms with van der Waals surface area (Å²) in [6.45, 7) is 7.50. The average molecular weight is 271 g/mol. The molecule has 0 bridgehead atoms. The van der Waals surface area contributed by atoms with Crippen LogP contribution in [0.4, 0.5) is 0 Å². The first-order valence-electron chi connectivity index (χ1n) is 7.16. The van der Waals surface area contributed by atoms with Crippen LogP contribution in [0.1, 0.15) is 32.6 Å². The van der Waals surface area contributed by atoms with Crippen molar-refractivity contribution < 1.29 is 4.74 Å². The van der Waals surface area contributed by atoms with Crippen molar-refractivity contribution in [1.82, 2.24) is 15.5 Å². The van der Waals surface area contributed by atoms with E-state index in [1.807, 2.05) is 0 Å². The molecule has 0 radical (unpaired) electrons. The van der Waals surface area contributed by atoms with Crippen LogP contribution in [0.25, 0.3) is 0 Å². The Labute approximate surface area is 115 Å². The molecule has 0 amide bonds. The summed E-state index contributed by atoms with van der Waals surface area (Å²) in [4.78, 5) is 2.49. The van der Waals surface area contributed by atoms with Crippen LogP contribution in [-0.4, -0.2) is 54.9 Å². The van der Waals surface area contributed by atoms with Crippen molar-refractivity contribution in [3.05, 3.63) is 0 Å². The van der Waals surface area contributed by atoms with E-state index in [0.717, 1.165) is 31.2 Å². The number of rotatable bonds is 4. The first-order chi connectivity index (χ1) is 8.78. The fourth-order valence-electron chi connectivity index (χ4n) is 2.64. The van der Waals surface area contributed by atoms with Crippen LogP contribution in [0.15, 0.2) is 0 Å². The van der Waals surface area contributed by atoms with Crippen LogP contribution in [-0.2, 0) is 4.74 Å². The third-order valence-corrected chi connectivity index (χ3v) is 4.15. The molecular formula is C13H25N3OS. The first-order valence-corrected chi connectivity index (χ1v) is 7.57. The summed E-state index contributed by atoms with van der Waals surface area (Å²) in [6, 6.07) is 0.539. The van der Waals surface area contributed by atoms with Gasteiger partial charge in [-0.25, -0.2) is 0 Å². The van der Waals surface area contributed by atoms with E-state index in [0.29, 0.717) is 12.1 Å². The van der Waals surface area contributed by atoms with E-state index in [-0.39, 0.29) is 0 Å². The van der Waals surface area contributed by atoms with Gasteiger partial charge < -0.3 is 20.3 Å². The van der Waals surface area contributed by atoms with Crippen LogP contribution < -0.4 is 10.6 Å².